The van der Waals surface area contributed by atoms with Crippen LogP contribution in [0.1, 0.15) is 36.2 Å². The standard InChI is InChI=1S/C21H20ClN3O3/c22-15-6-11-20(23-13-15)27-17-9-7-16(8-10-17)24-21(26)18-12-19(28-25-18)14-4-2-1-3-5-14/h1-6,11-13,16-17H,7-10H2,(H,24,26). The molecular weight excluding hydrogens is 378 g/mol. The molecule has 1 amide bonds. The fourth-order valence-corrected chi connectivity index (χ4v) is 3.42. The van der Waals surface area contributed by atoms with Gasteiger partial charge in [0.1, 0.15) is 6.10 Å². The maximum atomic E-state index is 12.5. The van der Waals surface area contributed by atoms with Gasteiger partial charge in [-0.3, -0.25) is 4.79 Å². The first-order valence-electron chi connectivity index (χ1n) is 9.28. The van der Waals surface area contributed by atoms with Crippen molar-refractivity contribution in [3.05, 3.63) is 65.4 Å². The Bertz CT molecular complexity index is 920. The van der Waals surface area contributed by atoms with E-state index in [0.29, 0.717) is 22.4 Å². The van der Waals surface area contributed by atoms with Crippen molar-refractivity contribution in [1.29, 1.82) is 0 Å². The van der Waals surface area contributed by atoms with E-state index in [-0.39, 0.29) is 18.1 Å². The number of rotatable bonds is 5. The highest BCUT2D eigenvalue weighted by molar-refractivity contribution is 6.30. The minimum Gasteiger partial charge on any atom is -0.474 e. The zero-order valence-corrected chi connectivity index (χ0v) is 15.9. The molecule has 1 aliphatic rings. The van der Waals surface area contributed by atoms with Crippen molar-refractivity contribution in [3.8, 4) is 17.2 Å². The van der Waals surface area contributed by atoms with Gasteiger partial charge in [-0.1, -0.05) is 47.1 Å². The maximum Gasteiger partial charge on any atom is 0.273 e. The molecule has 6 nitrogen and oxygen atoms in total. The Kier molecular flexibility index (Phi) is 5.58. The summed E-state index contributed by atoms with van der Waals surface area (Å²) in [6.45, 7) is 0. The number of aromatic nitrogens is 2. The smallest absolute Gasteiger partial charge is 0.273 e. The molecule has 4 rings (SSSR count). The summed E-state index contributed by atoms with van der Waals surface area (Å²) in [6.07, 6.45) is 5.05. The summed E-state index contributed by atoms with van der Waals surface area (Å²) in [5, 5.41) is 7.53. The lowest BCUT2D eigenvalue weighted by atomic mass is 9.93. The minimum atomic E-state index is -0.213. The van der Waals surface area contributed by atoms with Gasteiger partial charge in [-0.2, -0.15) is 0 Å². The van der Waals surface area contributed by atoms with Crippen LogP contribution in [0.15, 0.2) is 59.3 Å². The number of benzene rings is 1. The second-order valence-corrected chi connectivity index (χ2v) is 7.26. The summed E-state index contributed by atoms with van der Waals surface area (Å²) in [7, 11) is 0. The third kappa shape index (κ3) is 4.51. The molecular formula is C21H20ClN3O3. The second-order valence-electron chi connectivity index (χ2n) is 6.82. The number of carbonyl (C=O) groups excluding carboxylic acids is 1. The van der Waals surface area contributed by atoms with E-state index in [1.807, 2.05) is 30.3 Å². The summed E-state index contributed by atoms with van der Waals surface area (Å²) in [4.78, 5) is 16.6. The van der Waals surface area contributed by atoms with Crippen molar-refractivity contribution in [2.45, 2.75) is 37.8 Å². The lowest BCUT2D eigenvalue weighted by molar-refractivity contribution is 0.0881. The van der Waals surface area contributed by atoms with Crippen LogP contribution in [0.2, 0.25) is 5.02 Å². The highest BCUT2D eigenvalue weighted by Crippen LogP contribution is 2.24. The molecule has 7 heteroatoms. The topological polar surface area (TPSA) is 77.2 Å². The van der Waals surface area contributed by atoms with Gasteiger partial charge in [-0.05, 0) is 31.7 Å². The molecule has 2 aromatic heterocycles. The molecule has 1 N–H and O–H groups in total. The van der Waals surface area contributed by atoms with E-state index < -0.39 is 0 Å². The molecule has 1 aliphatic carbocycles. The van der Waals surface area contributed by atoms with Gasteiger partial charge in [0.15, 0.2) is 11.5 Å². The maximum absolute atomic E-state index is 12.5. The molecule has 2 heterocycles. The third-order valence-electron chi connectivity index (χ3n) is 4.80. The van der Waals surface area contributed by atoms with E-state index in [2.05, 4.69) is 15.5 Å². The SMILES string of the molecule is O=C(NC1CCC(Oc2ccc(Cl)cn2)CC1)c1cc(-c2ccccc2)on1. The quantitative estimate of drug-likeness (QED) is 0.685. The van der Waals surface area contributed by atoms with Crippen molar-refractivity contribution in [2.24, 2.45) is 0 Å². The van der Waals surface area contributed by atoms with Crippen LogP contribution in [-0.2, 0) is 0 Å². The molecule has 0 radical (unpaired) electrons. The molecule has 0 bridgehead atoms. The molecule has 0 saturated heterocycles. The fraction of sp³-hybridized carbons (Fsp3) is 0.286. The van der Waals surface area contributed by atoms with Gasteiger partial charge < -0.3 is 14.6 Å². The molecule has 1 fully saturated rings. The number of nitrogens with zero attached hydrogens (tertiary/aromatic N) is 2. The Morgan fingerprint density at radius 2 is 1.89 bits per heavy atom. The lowest BCUT2D eigenvalue weighted by Crippen LogP contribution is -2.39. The summed E-state index contributed by atoms with van der Waals surface area (Å²) < 4.78 is 11.2. The molecule has 0 unspecified atom stereocenters. The Morgan fingerprint density at radius 3 is 2.61 bits per heavy atom. The number of ether oxygens (including phenoxy) is 1. The largest absolute Gasteiger partial charge is 0.474 e. The molecule has 1 saturated carbocycles. The number of pyridine rings is 1. The molecule has 144 valence electrons. The van der Waals surface area contributed by atoms with Crippen LogP contribution >= 0.6 is 11.6 Å². The van der Waals surface area contributed by atoms with Crippen LogP contribution in [0.25, 0.3) is 11.3 Å². The number of hydrogen-bond acceptors (Lipinski definition) is 5. The number of carbonyl (C=O) groups is 1. The highest BCUT2D eigenvalue weighted by Gasteiger charge is 2.25. The molecule has 28 heavy (non-hydrogen) atoms. The van der Waals surface area contributed by atoms with Gasteiger partial charge in [-0.25, -0.2) is 4.98 Å². The van der Waals surface area contributed by atoms with E-state index in [4.69, 9.17) is 20.9 Å². The van der Waals surface area contributed by atoms with Crippen LogP contribution in [0.4, 0.5) is 0 Å². The summed E-state index contributed by atoms with van der Waals surface area (Å²) >= 11 is 5.84. The van der Waals surface area contributed by atoms with Crippen molar-refractivity contribution >= 4 is 17.5 Å². The van der Waals surface area contributed by atoms with Crippen LogP contribution in [-0.4, -0.2) is 28.2 Å². The molecule has 0 atom stereocenters. The highest BCUT2D eigenvalue weighted by atomic mass is 35.5. The number of nitrogens with one attached hydrogen (secondary N) is 1. The van der Waals surface area contributed by atoms with Crippen molar-refractivity contribution < 1.29 is 14.1 Å². The van der Waals surface area contributed by atoms with Gasteiger partial charge in [0.05, 0.1) is 5.02 Å². The summed E-state index contributed by atoms with van der Waals surface area (Å²) in [5.41, 5.74) is 1.19. The van der Waals surface area contributed by atoms with Crippen LogP contribution in [0.3, 0.4) is 0 Å². The summed E-state index contributed by atoms with van der Waals surface area (Å²) in [6, 6.07) is 14.9. The van der Waals surface area contributed by atoms with Gasteiger partial charge in [0, 0.05) is 29.9 Å². The first-order chi connectivity index (χ1) is 13.7. The van der Waals surface area contributed by atoms with E-state index in [9.17, 15) is 4.79 Å². The van der Waals surface area contributed by atoms with Gasteiger partial charge in [0.25, 0.3) is 5.91 Å². The Hall–Kier alpha value is -2.86. The monoisotopic (exact) mass is 397 g/mol. The molecule has 0 spiro atoms. The predicted molar refractivity (Wildman–Crippen MR) is 105 cm³/mol. The van der Waals surface area contributed by atoms with Crippen molar-refractivity contribution in [1.82, 2.24) is 15.5 Å². The molecule has 0 aliphatic heterocycles. The average Bonchev–Trinajstić information content (AvgIpc) is 3.22. The predicted octanol–water partition coefficient (Wildman–Crippen LogP) is 4.51. The van der Waals surface area contributed by atoms with E-state index in [0.717, 1.165) is 31.2 Å². The van der Waals surface area contributed by atoms with Crippen molar-refractivity contribution in [3.63, 3.8) is 0 Å². The lowest BCUT2D eigenvalue weighted by Gasteiger charge is -2.28. The van der Waals surface area contributed by atoms with Gasteiger partial charge in [-0.15, -0.1) is 0 Å². The molecule has 1 aromatic carbocycles. The summed E-state index contributed by atoms with van der Waals surface area (Å²) in [5.74, 6) is 0.945. The van der Waals surface area contributed by atoms with Crippen LogP contribution in [0, 0.1) is 0 Å². The van der Waals surface area contributed by atoms with Gasteiger partial charge >= 0.3 is 0 Å². The number of amides is 1. The minimum absolute atomic E-state index is 0.0959. The molecule has 3 aromatic rings. The normalized spacial score (nSPS) is 19.2. The van der Waals surface area contributed by atoms with Crippen molar-refractivity contribution in [2.75, 3.05) is 0 Å². The van der Waals surface area contributed by atoms with E-state index in [1.165, 1.54) is 0 Å². The number of halogens is 1. The van der Waals surface area contributed by atoms with Crippen LogP contribution < -0.4 is 10.1 Å². The Balaban J connectivity index is 1.28. The first-order valence-corrected chi connectivity index (χ1v) is 9.66. The Labute approximate surface area is 167 Å². The number of hydrogen-bond donors (Lipinski definition) is 1. The fourth-order valence-electron chi connectivity index (χ4n) is 3.31. The first kappa shape index (κ1) is 18.5. The zero-order valence-electron chi connectivity index (χ0n) is 15.2. The van der Waals surface area contributed by atoms with Gasteiger partial charge in [0.2, 0.25) is 5.88 Å². The second kappa shape index (κ2) is 8.44. The van der Waals surface area contributed by atoms with E-state index >= 15 is 0 Å². The van der Waals surface area contributed by atoms with Crippen LogP contribution in [0.5, 0.6) is 5.88 Å². The van der Waals surface area contributed by atoms with E-state index in [1.54, 1.807) is 24.4 Å². The Morgan fingerprint density at radius 1 is 1.11 bits per heavy atom. The zero-order chi connectivity index (χ0) is 19.3. The third-order valence-corrected chi connectivity index (χ3v) is 5.02. The average molecular weight is 398 g/mol.